The Kier molecular flexibility index (Phi) is 20.2. The van der Waals surface area contributed by atoms with Gasteiger partial charge in [-0.3, -0.25) is 0 Å². The lowest BCUT2D eigenvalue weighted by Gasteiger charge is -2.29. The van der Waals surface area contributed by atoms with Crippen molar-refractivity contribution in [3.63, 3.8) is 0 Å². The van der Waals surface area contributed by atoms with Crippen molar-refractivity contribution in [2.45, 2.75) is 38.5 Å². The minimum Gasteiger partial charge on any atom is -0.456 e. The van der Waals surface area contributed by atoms with E-state index in [0.29, 0.717) is 0 Å². The van der Waals surface area contributed by atoms with Crippen LogP contribution in [0.3, 0.4) is 0 Å². The van der Waals surface area contributed by atoms with E-state index < -0.39 is 0 Å². The van der Waals surface area contributed by atoms with E-state index in [2.05, 4.69) is 510 Å². The van der Waals surface area contributed by atoms with Crippen LogP contribution in [0.25, 0.3) is 197 Å². The molecule has 0 N–H and O–H groups in total. The fourth-order valence-electron chi connectivity index (χ4n) is 23.3. The number of hydrogen-bond donors (Lipinski definition) is 0. The van der Waals surface area contributed by atoms with E-state index in [1.165, 1.54) is 154 Å². The molecular formula is C138H95N3O3. The fraction of sp³-hybridized carbons (Fsp3) is 0.0435. The van der Waals surface area contributed by atoms with Crippen molar-refractivity contribution >= 4 is 182 Å². The van der Waals surface area contributed by atoms with E-state index >= 15 is 0 Å². The molecule has 2 aliphatic rings. The number of benzene rings is 24. The summed E-state index contributed by atoms with van der Waals surface area (Å²) in [6.07, 6.45) is 0. The van der Waals surface area contributed by atoms with Gasteiger partial charge in [0, 0.05) is 106 Å². The van der Waals surface area contributed by atoms with Crippen LogP contribution in [0.2, 0.25) is 0 Å². The summed E-state index contributed by atoms with van der Waals surface area (Å²) < 4.78 is 19.1. The summed E-state index contributed by atoms with van der Waals surface area (Å²) in [7, 11) is 0. The molecule has 6 nitrogen and oxygen atoms in total. The van der Waals surface area contributed by atoms with Gasteiger partial charge in [-0.15, -0.1) is 0 Å². The second-order valence-corrected chi connectivity index (χ2v) is 39.3. The highest BCUT2D eigenvalue weighted by atomic mass is 16.3. The molecular weight excluding hydrogens is 1750 g/mol. The highest BCUT2D eigenvalue weighted by Gasteiger charge is 2.38. The second-order valence-electron chi connectivity index (χ2n) is 39.3. The Morgan fingerprint density at radius 2 is 0.500 bits per heavy atom. The summed E-state index contributed by atoms with van der Waals surface area (Å²) in [5.74, 6) is 0. The molecule has 0 bridgehead atoms. The van der Waals surface area contributed by atoms with Gasteiger partial charge in [0.15, 0.2) is 0 Å². The Morgan fingerprint density at radius 3 is 1.10 bits per heavy atom. The van der Waals surface area contributed by atoms with Crippen LogP contribution in [0, 0.1) is 0 Å². The average Bonchev–Trinajstić information content (AvgIpc) is 1.47. The third kappa shape index (κ3) is 14.4. The molecule has 0 fully saturated rings. The fourth-order valence-corrected chi connectivity index (χ4v) is 23.3. The maximum atomic E-state index is 6.46. The van der Waals surface area contributed by atoms with E-state index in [0.717, 1.165) is 117 Å². The third-order valence-corrected chi connectivity index (χ3v) is 30.3. The first kappa shape index (κ1) is 84.9. The second kappa shape index (κ2) is 34.3. The van der Waals surface area contributed by atoms with Gasteiger partial charge in [-0.2, -0.15) is 0 Å². The summed E-state index contributed by atoms with van der Waals surface area (Å²) in [6.45, 7) is 9.38. The predicted octanol–water partition coefficient (Wildman–Crippen LogP) is 39.4. The zero-order valence-corrected chi connectivity index (χ0v) is 80.0. The molecule has 0 aliphatic heterocycles. The molecule has 3 aromatic heterocycles. The van der Waals surface area contributed by atoms with Crippen LogP contribution in [0.5, 0.6) is 0 Å². The highest BCUT2D eigenvalue weighted by molar-refractivity contribution is 6.20. The standard InChI is InChI=1S/C47H33NO.C47H35N.C44H27NO2/c1-47(2)42-18-10-8-15-37(42)41-28-33(22-25-43(41)47)48(34-21-24-40-39-17-9-11-19-45(39)49-46(40)29-34)44-27-32-26-31(30-12-4-3-5-13-30)20-23-35(32)36-14-6-7-16-38(36)44;1-47(2)45-23-12-11-22-42(45)43-27-25-38(31-46(43)47)48(36-17-7-4-8-18-36)37-19-13-16-34(29-37)44-30-35-28-33(32-14-5-3-6-15-32)24-26-39(35)40-20-9-10-21-41(40)44;1-2-10-28(11-3-1)29-18-21-34-38(24-29)33-13-5-4-12-30(33)25-40(34)45(31-20-23-43-39(26-31)36-15-7-9-17-42(36)46-43)32-19-22-37-35-14-6-8-16-41(35)47-44(37)27-32/h3-29H,1-2H3;3-31H,1-2H3;1-27H. The van der Waals surface area contributed by atoms with Crippen molar-refractivity contribution in [3.8, 4) is 66.8 Å². The van der Waals surface area contributed by atoms with Gasteiger partial charge in [0.2, 0.25) is 0 Å². The first-order valence-electron chi connectivity index (χ1n) is 49.7. The first-order valence-corrected chi connectivity index (χ1v) is 49.7. The number of fused-ring (bicyclic) bond motifs is 24. The van der Waals surface area contributed by atoms with E-state index in [1.54, 1.807) is 0 Å². The third-order valence-electron chi connectivity index (χ3n) is 30.3. The van der Waals surface area contributed by atoms with Crippen molar-refractivity contribution in [1.82, 2.24) is 0 Å². The van der Waals surface area contributed by atoms with Crippen LogP contribution in [-0.4, -0.2) is 0 Å². The molecule has 0 amide bonds. The van der Waals surface area contributed by atoms with Gasteiger partial charge in [0.1, 0.15) is 33.5 Å². The summed E-state index contributed by atoms with van der Waals surface area (Å²) in [6, 6.07) is 182. The van der Waals surface area contributed by atoms with Gasteiger partial charge in [-0.1, -0.05) is 373 Å². The Balaban J connectivity index is 0.000000108. The lowest BCUT2D eigenvalue weighted by atomic mass is 9.82. The molecule has 29 rings (SSSR count). The summed E-state index contributed by atoms with van der Waals surface area (Å²) in [4.78, 5) is 7.20. The van der Waals surface area contributed by atoms with Crippen LogP contribution in [-0.2, 0) is 10.8 Å². The van der Waals surface area contributed by atoms with Crippen LogP contribution in [0.1, 0.15) is 49.9 Å². The van der Waals surface area contributed by atoms with Crippen molar-refractivity contribution in [3.05, 3.63) is 526 Å². The minimum atomic E-state index is -0.0746. The molecule has 27 aromatic rings. The van der Waals surface area contributed by atoms with Crippen LogP contribution in [0.15, 0.2) is 517 Å². The van der Waals surface area contributed by atoms with Gasteiger partial charge in [0.25, 0.3) is 0 Å². The Hall–Kier alpha value is -18.4. The Labute approximate surface area is 834 Å². The molecule has 0 spiro atoms. The number of para-hydroxylation sites is 4. The predicted molar refractivity (Wildman–Crippen MR) is 607 cm³/mol. The number of rotatable bonds is 13. The molecule has 24 aromatic carbocycles. The van der Waals surface area contributed by atoms with E-state index in [4.69, 9.17) is 13.3 Å². The normalized spacial score (nSPS) is 12.7. The number of anilines is 9. The number of furan rings is 3. The molecule has 0 saturated carbocycles. The average molecular weight is 1840 g/mol. The highest BCUT2D eigenvalue weighted by Crippen LogP contribution is 2.56. The van der Waals surface area contributed by atoms with Gasteiger partial charge in [0.05, 0.1) is 11.4 Å². The maximum Gasteiger partial charge on any atom is 0.137 e. The number of nitrogens with zero attached hydrogens (tertiary/aromatic N) is 3. The summed E-state index contributed by atoms with van der Waals surface area (Å²) >= 11 is 0. The topological polar surface area (TPSA) is 49.1 Å². The zero-order valence-electron chi connectivity index (χ0n) is 80.0. The van der Waals surface area contributed by atoms with Crippen molar-refractivity contribution < 1.29 is 13.3 Å². The quantitative estimate of drug-likeness (QED) is 0.107. The Morgan fingerprint density at radius 1 is 0.146 bits per heavy atom. The van der Waals surface area contributed by atoms with Gasteiger partial charge >= 0.3 is 0 Å². The van der Waals surface area contributed by atoms with E-state index in [9.17, 15) is 0 Å². The van der Waals surface area contributed by atoms with Crippen molar-refractivity contribution in [2.24, 2.45) is 0 Å². The molecule has 144 heavy (non-hydrogen) atoms. The molecule has 3 heterocycles. The summed E-state index contributed by atoms with van der Waals surface area (Å²) in [5.41, 5.74) is 35.6. The molecule has 6 heteroatoms. The summed E-state index contributed by atoms with van der Waals surface area (Å²) in [5, 5.41) is 21.4. The maximum absolute atomic E-state index is 6.46. The van der Waals surface area contributed by atoms with Crippen LogP contribution in [0.4, 0.5) is 51.2 Å². The van der Waals surface area contributed by atoms with Gasteiger partial charge in [-0.05, 0) is 288 Å². The molecule has 2 aliphatic carbocycles. The molecule has 0 atom stereocenters. The molecule has 0 saturated heterocycles. The van der Waals surface area contributed by atoms with Crippen LogP contribution >= 0.6 is 0 Å². The van der Waals surface area contributed by atoms with Gasteiger partial charge < -0.3 is 28.0 Å². The first-order chi connectivity index (χ1) is 70.9. The van der Waals surface area contributed by atoms with E-state index in [-0.39, 0.29) is 10.8 Å². The molecule has 0 radical (unpaired) electrons. The SMILES string of the molecule is CC1(C)c2ccccc2-c2cc(N(c3ccc4c(c3)oc3ccccc34)c3cc4cc(-c5ccccc5)ccc4c4ccccc34)ccc21.CC1(C)c2ccccc2-c2ccc(N(c3ccccc3)c3cccc(-c4cc5cc(-c6ccccc6)ccc5c5ccccc45)c3)cc21.c1ccc(-c2ccc3c(N(c4ccc5c(c4)oc4ccccc45)c4ccc5oc6ccccc6c5c4)cc4ccccc4c3c2)cc1. The largest absolute Gasteiger partial charge is 0.456 e. The minimum absolute atomic E-state index is 0.0635. The monoisotopic (exact) mass is 1840 g/mol. The molecule has 680 valence electrons. The van der Waals surface area contributed by atoms with Crippen LogP contribution < -0.4 is 14.7 Å². The van der Waals surface area contributed by atoms with E-state index in [1.807, 2.05) is 36.4 Å². The lowest BCUT2D eigenvalue weighted by Crippen LogP contribution is -2.16. The number of hydrogen-bond acceptors (Lipinski definition) is 6. The van der Waals surface area contributed by atoms with Crippen molar-refractivity contribution in [2.75, 3.05) is 14.7 Å². The zero-order chi connectivity index (χ0) is 95.8. The van der Waals surface area contributed by atoms with Crippen molar-refractivity contribution in [1.29, 1.82) is 0 Å². The lowest BCUT2D eigenvalue weighted by molar-refractivity contribution is 0.660. The smallest absolute Gasteiger partial charge is 0.137 e. The Bertz CT molecular complexity index is 9820. The van der Waals surface area contributed by atoms with Gasteiger partial charge in [-0.25, -0.2) is 0 Å². The molecule has 0 unspecified atom stereocenters.